The van der Waals surface area contributed by atoms with Crippen LogP contribution in [0.4, 0.5) is 0 Å². The van der Waals surface area contributed by atoms with E-state index in [1.807, 2.05) is 31.2 Å². The summed E-state index contributed by atoms with van der Waals surface area (Å²) in [4.78, 5) is 0. The molecule has 2 N–H and O–H groups in total. The lowest BCUT2D eigenvalue weighted by Gasteiger charge is -2.12. The fraction of sp³-hybridized carbons (Fsp3) is 0.231. The van der Waals surface area contributed by atoms with Crippen molar-refractivity contribution in [1.29, 1.82) is 0 Å². The van der Waals surface area contributed by atoms with Gasteiger partial charge in [0.15, 0.2) is 0 Å². The standard InChI is InChI=1S/C13H15NO/c1-10(9-14)15-13-7-6-11-4-2-3-5-12(11)8-13/h2-8,10H,9,14H2,1H3. The zero-order valence-corrected chi connectivity index (χ0v) is 8.81. The Morgan fingerprint density at radius 3 is 2.60 bits per heavy atom. The molecule has 2 aromatic rings. The highest BCUT2D eigenvalue weighted by molar-refractivity contribution is 5.83. The highest BCUT2D eigenvalue weighted by atomic mass is 16.5. The van der Waals surface area contributed by atoms with Gasteiger partial charge in [-0.2, -0.15) is 0 Å². The molecule has 15 heavy (non-hydrogen) atoms. The molecule has 0 amide bonds. The van der Waals surface area contributed by atoms with Crippen molar-refractivity contribution in [2.24, 2.45) is 5.73 Å². The summed E-state index contributed by atoms with van der Waals surface area (Å²) in [6, 6.07) is 14.3. The van der Waals surface area contributed by atoms with Crippen molar-refractivity contribution in [3.05, 3.63) is 42.5 Å². The van der Waals surface area contributed by atoms with Gasteiger partial charge in [-0.1, -0.05) is 30.3 Å². The van der Waals surface area contributed by atoms with E-state index in [1.54, 1.807) is 0 Å². The maximum Gasteiger partial charge on any atom is 0.120 e. The SMILES string of the molecule is CC(CN)Oc1ccc2ccccc2c1. The van der Waals surface area contributed by atoms with Crippen LogP contribution in [0.5, 0.6) is 5.75 Å². The smallest absolute Gasteiger partial charge is 0.120 e. The van der Waals surface area contributed by atoms with Gasteiger partial charge < -0.3 is 10.5 Å². The summed E-state index contributed by atoms with van der Waals surface area (Å²) < 4.78 is 5.65. The van der Waals surface area contributed by atoms with Crippen LogP contribution in [-0.4, -0.2) is 12.6 Å². The second-order valence-electron chi connectivity index (χ2n) is 3.67. The van der Waals surface area contributed by atoms with Crippen LogP contribution in [0.3, 0.4) is 0 Å². The van der Waals surface area contributed by atoms with Gasteiger partial charge in [0.05, 0.1) is 0 Å². The summed E-state index contributed by atoms with van der Waals surface area (Å²) in [5, 5.41) is 2.42. The molecular formula is C13H15NO. The molecule has 2 nitrogen and oxygen atoms in total. The van der Waals surface area contributed by atoms with Crippen LogP contribution >= 0.6 is 0 Å². The minimum Gasteiger partial charge on any atom is -0.489 e. The van der Waals surface area contributed by atoms with Gasteiger partial charge in [-0.25, -0.2) is 0 Å². The number of benzene rings is 2. The van der Waals surface area contributed by atoms with Crippen LogP contribution in [0.15, 0.2) is 42.5 Å². The fourth-order valence-electron chi connectivity index (χ4n) is 1.52. The number of fused-ring (bicyclic) bond motifs is 1. The van der Waals surface area contributed by atoms with Crippen LogP contribution in [0.1, 0.15) is 6.92 Å². The average Bonchev–Trinajstić information content (AvgIpc) is 2.29. The van der Waals surface area contributed by atoms with Crippen LogP contribution in [0.25, 0.3) is 10.8 Å². The molecule has 0 spiro atoms. The number of hydrogen-bond acceptors (Lipinski definition) is 2. The Balaban J connectivity index is 2.30. The van der Waals surface area contributed by atoms with E-state index in [4.69, 9.17) is 10.5 Å². The first kappa shape index (κ1) is 9.99. The van der Waals surface area contributed by atoms with Gasteiger partial charge in [-0.05, 0) is 29.8 Å². The van der Waals surface area contributed by atoms with Crippen LogP contribution in [-0.2, 0) is 0 Å². The van der Waals surface area contributed by atoms with Crippen molar-refractivity contribution < 1.29 is 4.74 Å². The lowest BCUT2D eigenvalue weighted by Crippen LogP contribution is -2.22. The monoisotopic (exact) mass is 201 g/mol. The summed E-state index contributed by atoms with van der Waals surface area (Å²) in [6.45, 7) is 2.50. The van der Waals surface area contributed by atoms with E-state index < -0.39 is 0 Å². The van der Waals surface area contributed by atoms with Crippen LogP contribution < -0.4 is 10.5 Å². The Morgan fingerprint density at radius 1 is 1.13 bits per heavy atom. The average molecular weight is 201 g/mol. The maximum absolute atomic E-state index is 5.65. The van der Waals surface area contributed by atoms with Crippen LogP contribution in [0.2, 0.25) is 0 Å². The molecule has 0 aliphatic carbocycles. The van der Waals surface area contributed by atoms with E-state index >= 15 is 0 Å². The maximum atomic E-state index is 5.65. The van der Waals surface area contributed by atoms with Crippen molar-refractivity contribution in [1.82, 2.24) is 0 Å². The molecule has 0 aliphatic rings. The number of hydrogen-bond donors (Lipinski definition) is 1. The Kier molecular flexibility index (Phi) is 2.88. The van der Waals surface area contributed by atoms with Gasteiger partial charge >= 0.3 is 0 Å². The largest absolute Gasteiger partial charge is 0.489 e. The lowest BCUT2D eigenvalue weighted by molar-refractivity contribution is 0.230. The van der Waals surface area contributed by atoms with Gasteiger partial charge in [-0.3, -0.25) is 0 Å². The van der Waals surface area contributed by atoms with Crippen molar-refractivity contribution in [2.75, 3.05) is 6.54 Å². The van der Waals surface area contributed by atoms with Crippen molar-refractivity contribution in [3.63, 3.8) is 0 Å². The molecule has 0 aliphatic heterocycles. The first-order chi connectivity index (χ1) is 7.29. The summed E-state index contributed by atoms with van der Waals surface area (Å²) in [7, 11) is 0. The van der Waals surface area contributed by atoms with Crippen molar-refractivity contribution >= 4 is 10.8 Å². The minimum absolute atomic E-state index is 0.0613. The van der Waals surface area contributed by atoms with Crippen LogP contribution in [0, 0.1) is 0 Å². The van der Waals surface area contributed by atoms with E-state index in [9.17, 15) is 0 Å². The van der Waals surface area contributed by atoms with Gasteiger partial charge in [0.1, 0.15) is 11.9 Å². The highest BCUT2D eigenvalue weighted by Gasteiger charge is 2.01. The van der Waals surface area contributed by atoms with Gasteiger partial charge in [0.25, 0.3) is 0 Å². The van der Waals surface area contributed by atoms with E-state index in [2.05, 4.69) is 18.2 Å². The van der Waals surface area contributed by atoms with Gasteiger partial charge in [-0.15, -0.1) is 0 Å². The Labute approximate surface area is 89.7 Å². The molecule has 0 aromatic heterocycles. The Hall–Kier alpha value is -1.54. The highest BCUT2D eigenvalue weighted by Crippen LogP contribution is 2.21. The zero-order valence-electron chi connectivity index (χ0n) is 8.81. The van der Waals surface area contributed by atoms with Crippen molar-refractivity contribution in [3.8, 4) is 5.75 Å². The Morgan fingerprint density at radius 2 is 1.87 bits per heavy atom. The molecular weight excluding hydrogens is 186 g/mol. The summed E-state index contributed by atoms with van der Waals surface area (Å²) in [5.41, 5.74) is 5.51. The molecule has 0 bridgehead atoms. The number of ether oxygens (including phenoxy) is 1. The number of nitrogens with two attached hydrogens (primary N) is 1. The van der Waals surface area contributed by atoms with Gasteiger partial charge in [0, 0.05) is 6.54 Å². The van der Waals surface area contributed by atoms with E-state index in [0.29, 0.717) is 6.54 Å². The van der Waals surface area contributed by atoms with E-state index in [1.165, 1.54) is 10.8 Å². The molecule has 2 aromatic carbocycles. The van der Waals surface area contributed by atoms with Crippen molar-refractivity contribution in [2.45, 2.75) is 13.0 Å². The third kappa shape index (κ3) is 2.28. The number of rotatable bonds is 3. The normalized spacial score (nSPS) is 12.7. The molecule has 2 rings (SSSR count). The predicted molar refractivity (Wildman–Crippen MR) is 63.1 cm³/mol. The second-order valence-corrected chi connectivity index (χ2v) is 3.67. The first-order valence-electron chi connectivity index (χ1n) is 5.15. The third-order valence-electron chi connectivity index (χ3n) is 2.39. The fourth-order valence-corrected chi connectivity index (χ4v) is 1.52. The minimum atomic E-state index is 0.0613. The summed E-state index contributed by atoms with van der Waals surface area (Å²) >= 11 is 0. The Bertz CT molecular complexity index is 453. The zero-order chi connectivity index (χ0) is 10.7. The topological polar surface area (TPSA) is 35.2 Å². The molecule has 1 atom stereocenters. The molecule has 0 saturated heterocycles. The summed E-state index contributed by atoms with van der Waals surface area (Å²) in [6.07, 6.45) is 0.0613. The van der Waals surface area contributed by atoms with E-state index in [-0.39, 0.29) is 6.10 Å². The molecule has 0 heterocycles. The van der Waals surface area contributed by atoms with E-state index in [0.717, 1.165) is 5.75 Å². The third-order valence-corrected chi connectivity index (χ3v) is 2.39. The quantitative estimate of drug-likeness (QED) is 0.828. The lowest BCUT2D eigenvalue weighted by atomic mass is 10.1. The first-order valence-corrected chi connectivity index (χ1v) is 5.15. The van der Waals surface area contributed by atoms with Gasteiger partial charge in [0.2, 0.25) is 0 Å². The summed E-state index contributed by atoms with van der Waals surface area (Å²) in [5.74, 6) is 0.881. The molecule has 0 saturated carbocycles. The molecule has 78 valence electrons. The molecule has 0 fully saturated rings. The predicted octanol–water partition coefficient (Wildman–Crippen LogP) is 2.57. The molecule has 0 radical (unpaired) electrons. The molecule has 1 unspecified atom stereocenters. The second kappa shape index (κ2) is 4.32. The molecule has 2 heteroatoms.